The maximum absolute atomic E-state index is 14.8. The molecule has 0 aliphatic heterocycles. The number of aliphatic carboxylic acids is 1. The highest BCUT2D eigenvalue weighted by Gasteiger charge is 2.50. The molecule has 34 heavy (non-hydrogen) atoms. The zero-order chi connectivity index (χ0) is 25.1. The van der Waals surface area contributed by atoms with Crippen LogP contribution < -0.4 is 0 Å². The smallest absolute Gasteiger partial charge is 0.323 e. The third-order valence-corrected chi connectivity index (χ3v) is 7.22. The zero-order valence-corrected chi connectivity index (χ0v) is 21.0. The van der Waals surface area contributed by atoms with Crippen molar-refractivity contribution in [1.29, 1.82) is 0 Å². The largest absolute Gasteiger partial charge is 0.480 e. The van der Waals surface area contributed by atoms with E-state index in [1.807, 2.05) is 11.9 Å². The summed E-state index contributed by atoms with van der Waals surface area (Å²) in [7, 11) is 1.83. The highest BCUT2D eigenvalue weighted by Crippen LogP contribution is 2.39. The van der Waals surface area contributed by atoms with Crippen LogP contribution in [-0.2, 0) is 27.3 Å². The fraction of sp³-hybridized carbons (Fsp3) is 0.704. The predicted molar refractivity (Wildman–Crippen MR) is 128 cm³/mol. The van der Waals surface area contributed by atoms with Gasteiger partial charge in [0.05, 0.1) is 6.61 Å². The van der Waals surface area contributed by atoms with Gasteiger partial charge in [0.1, 0.15) is 0 Å². The molecule has 0 unspecified atom stereocenters. The summed E-state index contributed by atoms with van der Waals surface area (Å²) in [6.07, 6.45) is 9.75. The number of rotatable bonds is 14. The standard InChI is InChI=1S/C27H41F2NO4/c1-4-6-7-8-9-10-11-12-20-13-14-21(24(29)23(20)28)19-30(3)22-15-17-27(18-16-22,25(31)32)26(33)34-5-2/h13-14,22H,4-12,15-19H2,1-3H3,(H,31,32). The van der Waals surface area contributed by atoms with E-state index in [9.17, 15) is 23.5 Å². The molecule has 0 bridgehead atoms. The maximum Gasteiger partial charge on any atom is 0.323 e. The Morgan fingerprint density at radius 2 is 1.56 bits per heavy atom. The second kappa shape index (κ2) is 13.8. The molecule has 0 amide bonds. The minimum Gasteiger partial charge on any atom is -0.480 e. The van der Waals surface area contributed by atoms with Gasteiger partial charge in [0.25, 0.3) is 0 Å². The summed E-state index contributed by atoms with van der Waals surface area (Å²) in [4.78, 5) is 26.0. The number of ether oxygens (including phenoxy) is 1. The van der Waals surface area contributed by atoms with Crippen LogP contribution in [-0.4, -0.2) is 41.6 Å². The topological polar surface area (TPSA) is 66.8 Å². The van der Waals surface area contributed by atoms with Crippen molar-refractivity contribution in [2.24, 2.45) is 5.41 Å². The van der Waals surface area contributed by atoms with Gasteiger partial charge in [-0.2, -0.15) is 0 Å². The number of unbranched alkanes of at least 4 members (excludes halogenated alkanes) is 6. The van der Waals surface area contributed by atoms with E-state index in [0.29, 0.717) is 30.4 Å². The molecule has 5 nitrogen and oxygen atoms in total. The zero-order valence-electron chi connectivity index (χ0n) is 21.0. The Balaban J connectivity index is 1.90. The van der Waals surface area contributed by atoms with Gasteiger partial charge < -0.3 is 9.84 Å². The minimum absolute atomic E-state index is 0.0169. The summed E-state index contributed by atoms with van der Waals surface area (Å²) in [6, 6.07) is 3.33. The molecule has 0 atom stereocenters. The van der Waals surface area contributed by atoms with Crippen LogP contribution in [0.3, 0.4) is 0 Å². The van der Waals surface area contributed by atoms with Crippen LogP contribution >= 0.6 is 0 Å². The highest BCUT2D eigenvalue weighted by atomic mass is 19.2. The molecule has 1 aliphatic rings. The van der Waals surface area contributed by atoms with Crippen molar-refractivity contribution in [3.8, 4) is 0 Å². The second-order valence-electron chi connectivity index (χ2n) is 9.64. The van der Waals surface area contributed by atoms with Gasteiger partial charge in [0.2, 0.25) is 0 Å². The fourth-order valence-corrected chi connectivity index (χ4v) is 4.93. The first-order valence-corrected chi connectivity index (χ1v) is 12.8. The lowest BCUT2D eigenvalue weighted by molar-refractivity contribution is -0.172. The Morgan fingerprint density at radius 1 is 1.00 bits per heavy atom. The van der Waals surface area contributed by atoms with Crippen molar-refractivity contribution < 1.29 is 28.2 Å². The molecule has 2 rings (SSSR count). The molecular formula is C27H41F2NO4. The van der Waals surface area contributed by atoms with Crippen LogP contribution in [0.2, 0.25) is 0 Å². The number of benzene rings is 1. The molecule has 1 aromatic rings. The van der Waals surface area contributed by atoms with Gasteiger partial charge in [-0.3, -0.25) is 14.5 Å². The maximum atomic E-state index is 14.8. The van der Waals surface area contributed by atoms with Crippen LogP contribution in [0.15, 0.2) is 12.1 Å². The minimum atomic E-state index is -1.51. The lowest BCUT2D eigenvalue weighted by Crippen LogP contribution is -2.47. The molecule has 1 aromatic carbocycles. The first-order valence-electron chi connectivity index (χ1n) is 12.8. The number of carboxylic acids is 1. The Bertz CT molecular complexity index is 806. The number of halogens is 2. The summed E-state index contributed by atoms with van der Waals surface area (Å²) in [5.74, 6) is -3.40. The summed E-state index contributed by atoms with van der Waals surface area (Å²) in [6.45, 7) is 4.20. The number of nitrogens with zero attached hydrogens (tertiary/aromatic N) is 1. The van der Waals surface area contributed by atoms with Crippen molar-refractivity contribution in [2.45, 2.75) is 103 Å². The van der Waals surface area contributed by atoms with Crippen molar-refractivity contribution >= 4 is 11.9 Å². The van der Waals surface area contributed by atoms with Crippen LogP contribution in [0.5, 0.6) is 0 Å². The van der Waals surface area contributed by atoms with Gasteiger partial charge >= 0.3 is 11.9 Å². The van der Waals surface area contributed by atoms with Crippen molar-refractivity contribution in [3.05, 3.63) is 34.9 Å². The van der Waals surface area contributed by atoms with E-state index in [2.05, 4.69) is 6.92 Å². The van der Waals surface area contributed by atoms with E-state index in [1.165, 1.54) is 25.7 Å². The number of carboxylic acid groups (broad SMARTS) is 1. The van der Waals surface area contributed by atoms with E-state index in [1.54, 1.807) is 19.1 Å². The van der Waals surface area contributed by atoms with Crippen molar-refractivity contribution in [2.75, 3.05) is 13.7 Å². The van der Waals surface area contributed by atoms with Crippen LogP contribution in [0.1, 0.15) is 95.6 Å². The fourth-order valence-electron chi connectivity index (χ4n) is 4.93. The molecule has 1 saturated carbocycles. The van der Waals surface area contributed by atoms with E-state index < -0.39 is 29.0 Å². The third-order valence-electron chi connectivity index (χ3n) is 7.22. The predicted octanol–water partition coefficient (Wildman–Crippen LogP) is 6.27. The number of carbonyl (C=O) groups is 2. The van der Waals surface area contributed by atoms with Gasteiger partial charge in [-0.05, 0) is 58.1 Å². The first kappa shape index (κ1) is 28.2. The molecule has 0 aromatic heterocycles. The second-order valence-corrected chi connectivity index (χ2v) is 9.64. The average Bonchev–Trinajstić information content (AvgIpc) is 2.82. The number of aryl methyl sites for hydroxylation is 1. The normalized spacial score (nSPS) is 20.5. The molecule has 0 radical (unpaired) electrons. The molecule has 0 saturated heterocycles. The molecular weight excluding hydrogens is 440 g/mol. The molecule has 0 spiro atoms. The van der Waals surface area contributed by atoms with Crippen molar-refractivity contribution in [1.82, 2.24) is 4.90 Å². The van der Waals surface area contributed by atoms with E-state index >= 15 is 0 Å². The number of hydrogen-bond donors (Lipinski definition) is 1. The monoisotopic (exact) mass is 481 g/mol. The molecule has 1 fully saturated rings. The quantitative estimate of drug-likeness (QED) is 0.193. The summed E-state index contributed by atoms with van der Waals surface area (Å²) in [5, 5.41) is 9.66. The Kier molecular flexibility index (Phi) is 11.4. The molecule has 192 valence electrons. The number of esters is 1. The van der Waals surface area contributed by atoms with Gasteiger partial charge in [-0.15, -0.1) is 0 Å². The van der Waals surface area contributed by atoms with Gasteiger partial charge in [-0.1, -0.05) is 57.6 Å². The van der Waals surface area contributed by atoms with E-state index in [-0.39, 0.29) is 32.0 Å². The summed E-state index contributed by atoms with van der Waals surface area (Å²) in [5.41, 5.74) is -0.790. The number of carbonyl (C=O) groups excluding carboxylic acids is 1. The van der Waals surface area contributed by atoms with Gasteiger partial charge in [-0.25, -0.2) is 8.78 Å². The molecule has 0 heterocycles. The SMILES string of the molecule is CCCCCCCCCc1ccc(CN(C)C2CCC(C(=O)O)(C(=O)OCC)CC2)c(F)c1F. The van der Waals surface area contributed by atoms with E-state index in [4.69, 9.17) is 4.74 Å². The molecule has 7 heteroatoms. The van der Waals surface area contributed by atoms with Crippen LogP contribution in [0, 0.1) is 17.0 Å². The van der Waals surface area contributed by atoms with E-state index in [0.717, 1.165) is 19.3 Å². The Morgan fingerprint density at radius 3 is 2.15 bits per heavy atom. The third kappa shape index (κ3) is 7.24. The Labute approximate surface area is 202 Å². The summed E-state index contributed by atoms with van der Waals surface area (Å²) >= 11 is 0. The lowest BCUT2D eigenvalue weighted by atomic mass is 9.72. The molecule has 1 N–H and O–H groups in total. The van der Waals surface area contributed by atoms with Crippen LogP contribution in [0.25, 0.3) is 0 Å². The summed E-state index contributed by atoms with van der Waals surface area (Å²) < 4.78 is 34.5. The van der Waals surface area contributed by atoms with Gasteiger partial charge in [0, 0.05) is 18.2 Å². The highest BCUT2D eigenvalue weighted by molar-refractivity contribution is 5.99. The van der Waals surface area contributed by atoms with Crippen molar-refractivity contribution in [3.63, 3.8) is 0 Å². The first-order chi connectivity index (χ1) is 16.3. The lowest BCUT2D eigenvalue weighted by Gasteiger charge is -2.38. The number of hydrogen-bond acceptors (Lipinski definition) is 4. The van der Waals surface area contributed by atoms with Crippen LogP contribution in [0.4, 0.5) is 8.78 Å². The molecule has 1 aliphatic carbocycles. The van der Waals surface area contributed by atoms with Gasteiger partial charge in [0.15, 0.2) is 17.0 Å². The average molecular weight is 482 g/mol. The Hall–Kier alpha value is -2.02.